The number of anilines is 2. The number of likely N-dealkylation sites (tertiary alicyclic amines) is 1. The lowest BCUT2D eigenvalue weighted by Gasteiger charge is -2.35. The number of rotatable bonds is 13. The van der Waals surface area contributed by atoms with Gasteiger partial charge >= 0.3 is 0 Å². The quantitative estimate of drug-likeness (QED) is 0.219. The van der Waals surface area contributed by atoms with E-state index in [4.69, 9.17) is 4.74 Å². The van der Waals surface area contributed by atoms with Crippen molar-refractivity contribution in [2.45, 2.75) is 104 Å². The molecule has 0 bridgehead atoms. The lowest BCUT2D eigenvalue weighted by Crippen LogP contribution is -2.47. The van der Waals surface area contributed by atoms with Crippen LogP contribution in [0.1, 0.15) is 83.3 Å². The van der Waals surface area contributed by atoms with Crippen LogP contribution in [0, 0.1) is 44.4 Å². The van der Waals surface area contributed by atoms with Gasteiger partial charge in [-0.1, -0.05) is 51.0 Å². The maximum absolute atomic E-state index is 14.4. The summed E-state index contributed by atoms with van der Waals surface area (Å²) < 4.78 is 20.1. The number of hydrogen-bond donors (Lipinski definition) is 1. The van der Waals surface area contributed by atoms with Gasteiger partial charge in [0.05, 0.1) is 13.2 Å². The number of aliphatic hydroxyl groups excluding tert-OH is 1. The number of aryl methyl sites for hydroxylation is 1. The van der Waals surface area contributed by atoms with Crippen LogP contribution in [0.4, 0.5) is 15.8 Å². The van der Waals surface area contributed by atoms with Crippen molar-refractivity contribution in [2.75, 3.05) is 36.0 Å². The summed E-state index contributed by atoms with van der Waals surface area (Å²) in [6, 6.07) is 13.7. The molecule has 0 spiro atoms. The Kier molecular flexibility index (Phi) is 15.9. The largest absolute Gasteiger partial charge is 0.493 e. The highest BCUT2D eigenvalue weighted by molar-refractivity contribution is 5.95. The summed E-state index contributed by atoms with van der Waals surface area (Å²) in [6.45, 7) is 10.8. The smallest absolute Gasteiger partial charge is 0.241 e. The number of allylic oxidation sites excluding steroid dienone is 3. The van der Waals surface area contributed by atoms with Gasteiger partial charge in [0.1, 0.15) is 17.8 Å². The summed E-state index contributed by atoms with van der Waals surface area (Å²) in [5.74, 6) is 1.28. The van der Waals surface area contributed by atoms with E-state index in [0.29, 0.717) is 24.4 Å². The lowest BCUT2D eigenvalue weighted by atomic mass is 9.98. The second-order valence-corrected chi connectivity index (χ2v) is 13.1. The van der Waals surface area contributed by atoms with E-state index in [0.717, 1.165) is 88.2 Å². The van der Waals surface area contributed by atoms with Crippen LogP contribution >= 0.6 is 0 Å². The number of aliphatic hydroxyl groups is 1. The number of carbonyl (C=O) groups excluding carboxylic acids is 1. The first kappa shape index (κ1) is 39.4. The Morgan fingerprint density at radius 2 is 1.84 bits per heavy atom. The lowest BCUT2D eigenvalue weighted by molar-refractivity contribution is -0.120. The monoisotopic (exact) mass is 669 g/mol. The fourth-order valence-corrected chi connectivity index (χ4v) is 7.67. The van der Waals surface area contributed by atoms with Gasteiger partial charge in [0.15, 0.2) is 0 Å². The Morgan fingerprint density at radius 3 is 2.51 bits per heavy atom. The molecule has 264 valence electrons. The molecule has 0 radical (unpaired) electrons. The maximum Gasteiger partial charge on any atom is 0.241 e. The molecule has 5 rings (SSSR count). The SMILES string of the molecule is C#C.C#C.C/C=C1/OCC/C1=C/CC1C[C@H](CCN2c3ccccc3CC2O)N(CC(=O)N(c2ccc(F)c(C)c2)C(CCC)CCC)C1. The zero-order chi connectivity index (χ0) is 35.9. The molecule has 1 N–H and O–H groups in total. The third kappa shape index (κ3) is 10.0. The Labute approximate surface area is 295 Å². The molecule has 2 aromatic rings. The van der Waals surface area contributed by atoms with Crippen LogP contribution in [0.3, 0.4) is 0 Å². The zero-order valence-corrected chi connectivity index (χ0v) is 30.0. The third-order valence-electron chi connectivity index (χ3n) is 9.92. The number of terminal acetylenes is 2. The van der Waals surface area contributed by atoms with Gasteiger partial charge in [-0.15, -0.1) is 25.7 Å². The van der Waals surface area contributed by atoms with Crippen molar-refractivity contribution in [3.05, 3.63) is 82.9 Å². The van der Waals surface area contributed by atoms with Crippen LogP contribution in [0.15, 0.2) is 65.9 Å². The van der Waals surface area contributed by atoms with Gasteiger partial charge in [-0.2, -0.15) is 0 Å². The van der Waals surface area contributed by atoms with Crippen LogP contribution in [0.25, 0.3) is 0 Å². The van der Waals surface area contributed by atoms with E-state index in [1.54, 1.807) is 13.0 Å². The summed E-state index contributed by atoms with van der Waals surface area (Å²) >= 11 is 0. The maximum atomic E-state index is 14.4. The fourth-order valence-electron chi connectivity index (χ4n) is 7.67. The molecule has 2 fully saturated rings. The predicted octanol–water partition coefficient (Wildman–Crippen LogP) is 8.04. The average Bonchev–Trinajstić information content (AvgIpc) is 3.82. The second-order valence-electron chi connectivity index (χ2n) is 13.1. The van der Waals surface area contributed by atoms with Crippen molar-refractivity contribution in [3.8, 4) is 25.7 Å². The summed E-state index contributed by atoms with van der Waals surface area (Å²) in [6.07, 6.45) is 28.1. The molecule has 0 saturated carbocycles. The molecule has 3 aliphatic heterocycles. The van der Waals surface area contributed by atoms with Crippen molar-refractivity contribution in [1.29, 1.82) is 0 Å². The van der Waals surface area contributed by atoms with E-state index in [9.17, 15) is 14.3 Å². The van der Waals surface area contributed by atoms with Crippen LogP contribution in [0.2, 0.25) is 0 Å². The van der Waals surface area contributed by atoms with Crippen molar-refractivity contribution >= 4 is 17.3 Å². The normalized spacial score (nSPS) is 21.5. The fraction of sp³-hybridized carbons (Fsp3) is 0.500. The zero-order valence-electron chi connectivity index (χ0n) is 30.0. The molecule has 2 aromatic carbocycles. The van der Waals surface area contributed by atoms with Crippen molar-refractivity contribution in [1.82, 2.24) is 4.90 Å². The molecule has 3 atom stereocenters. The molecule has 0 aromatic heterocycles. The summed E-state index contributed by atoms with van der Waals surface area (Å²) in [7, 11) is 0. The van der Waals surface area contributed by atoms with E-state index in [2.05, 4.69) is 73.6 Å². The predicted molar refractivity (Wildman–Crippen MR) is 201 cm³/mol. The molecule has 49 heavy (non-hydrogen) atoms. The Balaban J connectivity index is 0.00000157. The minimum Gasteiger partial charge on any atom is -0.493 e. The minimum absolute atomic E-state index is 0.0804. The highest BCUT2D eigenvalue weighted by atomic mass is 19.1. The first-order valence-corrected chi connectivity index (χ1v) is 17.8. The molecule has 3 aliphatic rings. The van der Waals surface area contributed by atoms with Gasteiger partial charge in [0, 0.05) is 49.4 Å². The summed E-state index contributed by atoms with van der Waals surface area (Å²) in [5.41, 5.74) is 4.95. The number of amides is 1. The van der Waals surface area contributed by atoms with Crippen LogP contribution < -0.4 is 9.80 Å². The second kappa shape index (κ2) is 19.8. The highest BCUT2D eigenvalue weighted by Gasteiger charge is 2.36. The van der Waals surface area contributed by atoms with E-state index in [1.165, 1.54) is 17.2 Å². The molecule has 2 unspecified atom stereocenters. The minimum atomic E-state index is -0.512. The first-order valence-electron chi connectivity index (χ1n) is 17.8. The molecule has 6 nitrogen and oxygen atoms in total. The van der Waals surface area contributed by atoms with Crippen LogP contribution in [-0.4, -0.2) is 60.5 Å². The molecule has 3 heterocycles. The molecule has 7 heteroatoms. The van der Waals surface area contributed by atoms with Crippen molar-refractivity contribution in [3.63, 3.8) is 0 Å². The van der Waals surface area contributed by atoms with Gasteiger partial charge < -0.3 is 19.6 Å². The topological polar surface area (TPSA) is 56.3 Å². The number of benzene rings is 2. The first-order chi connectivity index (χ1) is 23.8. The number of fused-ring (bicyclic) bond motifs is 1. The van der Waals surface area contributed by atoms with Gasteiger partial charge in [-0.3, -0.25) is 9.69 Å². The molecular weight excluding hydrogens is 613 g/mol. The van der Waals surface area contributed by atoms with Crippen molar-refractivity contribution < 1.29 is 19.0 Å². The van der Waals surface area contributed by atoms with Gasteiger partial charge in [0.2, 0.25) is 5.91 Å². The Morgan fingerprint density at radius 1 is 1.12 bits per heavy atom. The standard InChI is InChI=1S/C38H52FN3O3.2C2H2/c1-5-10-31(11-6-2)42(33-16-17-34(39)27(4)22-33)38(44)26-40-25-28(14-15-29-19-21-45-36(29)7-3)23-32(40)18-20-41-35-13-9-8-12-30(35)24-37(41)43;2*1-2/h7-9,12-13,15-17,22,28,31-32,37,43H,5-6,10-11,14,18-21,23-26H2,1-4H3;2*1-2H/b29-15-,36-7+;;/t28?,32-,37?;;/m0../s1. The molecule has 0 aliphatic carbocycles. The summed E-state index contributed by atoms with van der Waals surface area (Å²) in [5, 5.41) is 10.9. The number of nitrogens with zero attached hydrogens (tertiary/aromatic N) is 3. The molecule has 1 amide bonds. The Hall–Kier alpha value is -4.04. The van der Waals surface area contributed by atoms with Gasteiger partial charge in [-0.05, 0) is 98.9 Å². The number of hydrogen-bond acceptors (Lipinski definition) is 5. The number of ether oxygens (including phenoxy) is 1. The van der Waals surface area contributed by atoms with E-state index < -0.39 is 6.23 Å². The van der Waals surface area contributed by atoms with Crippen molar-refractivity contribution in [2.24, 2.45) is 5.92 Å². The average molecular weight is 670 g/mol. The number of para-hydroxylation sites is 1. The van der Waals surface area contributed by atoms with Gasteiger partial charge in [-0.25, -0.2) is 4.39 Å². The molecule has 2 saturated heterocycles. The third-order valence-corrected chi connectivity index (χ3v) is 9.92. The van der Waals surface area contributed by atoms with Gasteiger partial charge in [0.25, 0.3) is 0 Å². The van der Waals surface area contributed by atoms with Crippen LogP contribution in [-0.2, 0) is 16.0 Å². The molecular formula is C42H56FN3O3. The van der Waals surface area contributed by atoms with E-state index >= 15 is 0 Å². The Bertz CT molecular complexity index is 1450. The number of carbonyl (C=O) groups is 1. The number of halogens is 1. The highest BCUT2D eigenvalue weighted by Crippen LogP contribution is 2.35. The summed E-state index contributed by atoms with van der Waals surface area (Å²) in [4.78, 5) is 20.9. The van der Waals surface area contributed by atoms with E-state index in [1.807, 2.05) is 30.0 Å². The van der Waals surface area contributed by atoms with Crippen LogP contribution in [0.5, 0.6) is 0 Å². The van der Waals surface area contributed by atoms with E-state index in [-0.39, 0.29) is 23.8 Å².